The van der Waals surface area contributed by atoms with Crippen LogP contribution >= 0.6 is 0 Å². The van der Waals surface area contributed by atoms with E-state index in [1.54, 1.807) is 12.1 Å². The maximum atomic E-state index is 14.1. The van der Waals surface area contributed by atoms with Crippen LogP contribution in [0.15, 0.2) is 36.5 Å². The van der Waals surface area contributed by atoms with Gasteiger partial charge >= 0.3 is 0 Å². The van der Waals surface area contributed by atoms with Crippen LogP contribution < -0.4 is 4.74 Å². The summed E-state index contributed by atoms with van der Waals surface area (Å²) in [4.78, 5) is 4.50. The van der Waals surface area contributed by atoms with E-state index >= 15 is 0 Å². The molecule has 1 aromatic heterocycles. The van der Waals surface area contributed by atoms with Gasteiger partial charge in [-0.05, 0) is 61.3 Å². The third kappa shape index (κ3) is 3.54. The van der Waals surface area contributed by atoms with Crippen molar-refractivity contribution in [1.29, 1.82) is 0 Å². The minimum Gasteiger partial charge on any atom is -0.497 e. The van der Waals surface area contributed by atoms with E-state index in [4.69, 9.17) is 4.74 Å². The predicted molar refractivity (Wildman–Crippen MR) is 91.2 cm³/mol. The predicted octanol–water partition coefficient (Wildman–Crippen LogP) is 5.58. The van der Waals surface area contributed by atoms with Gasteiger partial charge in [-0.2, -0.15) is 0 Å². The topological polar surface area (TPSA) is 22.1 Å². The number of hydrogen-bond donors (Lipinski definition) is 0. The number of methoxy groups -OCH3 is 1. The molecule has 0 saturated heterocycles. The number of nitrogens with zero attached hydrogens (tertiary/aromatic N) is 1. The van der Waals surface area contributed by atoms with Crippen molar-refractivity contribution in [3.63, 3.8) is 0 Å². The van der Waals surface area contributed by atoms with E-state index in [1.807, 2.05) is 12.3 Å². The SMILES string of the molecule is CCC1CCC(c2ccc(-c3ccc(OC)cc3F)nc2)CC1. The van der Waals surface area contributed by atoms with Crippen LogP contribution in [0.5, 0.6) is 5.75 Å². The van der Waals surface area contributed by atoms with Crippen molar-refractivity contribution in [2.75, 3.05) is 7.11 Å². The van der Waals surface area contributed by atoms with E-state index in [0.717, 1.165) is 5.92 Å². The largest absolute Gasteiger partial charge is 0.497 e. The molecule has 1 heterocycles. The molecule has 2 nitrogen and oxygen atoms in total. The lowest BCUT2D eigenvalue weighted by Gasteiger charge is -2.27. The molecule has 3 heteroatoms. The van der Waals surface area contributed by atoms with Crippen LogP contribution in [-0.4, -0.2) is 12.1 Å². The molecule has 0 N–H and O–H groups in total. The zero-order valence-corrected chi connectivity index (χ0v) is 13.9. The number of benzene rings is 1. The van der Waals surface area contributed by atoms with Crippen molar-refractivity contribution in [3.8, 4) is 17.0 Å². The quantitative estimate of drug-likeness (QED) is 0.735. The Balaban J connectivity index is 1.75. The Morgan fingerprint density at radius 3 is 2.48 bits per heavy atom. The van der Waals surface area contributed by atoms with E-state index in [2.05, 4.69) is 18.0 Å². The summed E-state index contributed by atoms with van der Waals surface area (Å²) in [6.45, 7) is 2.28. The van der Waals surface area contributed by atoms with Crippen LogP contribution in [0, 0.1) is 11.7 Å². The molecule has 1 saturated carbocycles. The Labute approximate surface area is 137 Å². The second-order valence-corrected chi connectivity index (χ2v) is 6.45. The van der Waals surface area contributed by atoms with Gasteiger partial charge in [0.15, 0.2) is 0 Å². The maximum absolute atomic E-state index is 14.1. The average Bonchev–Trinajstić information content (AvgIpc) is 2.62. The first-order valence-electron chi connectivity index (χ1n) is 8.51. The van der Waals surface area contributed by atoms with Crippen molar-refractivity contribution < 1.29 is 9.13 Å². The molecule has 0 atom stereocenters. The normalized spacial score (nSPS) is 21.2. The summed E-state index contributed by atoms with van der Waals surface area (Å²) in [6.07, 6.45) is 8.34. The molecule has 1 aliphatic carbocycles. The standard InChI is InChI=1S/C20H24FNO/c1-3-14-4-6-15(7-5-14)16-8-11-20(22-13-16)18-10-9-17(23-2)12-19(18)21/h8-15H,3-7H2,1-2H3. The monoisotopic (exact) mass is 313 g/mol. The Kier molecular flexibility index (Phi) is 4.94. The molecular weight excluding hydrogens is 289 g/mol. The summed E-state index contributed by atoms with van der Waals surface area (Å²) in [5.41, 5.74) is 2.49. The molecule has 1 aliphatic rings. The van der Waals surface area contributed by atoms with E-state index in [1.165, 1.54) is 50.8 Å². The lowest BCUT2D eigenvalue weighted by Crippen LogP contribution is -2.12. The highest BCUT2D eigenvalue weighted by Gasteiger charge is 2.21. The van der Waals surface area contributed by atoms with Gasteiger partial charge < -0.3 is 4.74 Å². The number of halogens is 1. The van der Waals surface area contributed by atoms with Gasteiger partial charge in [-0.15, -0.1) is 0 Å². The molecule has 1 fully saturated rings. The molecule has 0 unspecified atom stereocenters. The van der Waals surface area contributed by atoms with Crippen LogP contribution in [0.2, 0.25) is 0 Å². The number of rotatable bonds is 4. The number of aromatic nitrogens is 1. The van der Waals surface area contributed by atoms with Crippen molar-refractivity contribution in [2.45, 2.75) is 44.9 Å². The lowest BCUT2D eigenvalue weighted by atomic mass is 9.78. The highest BCUT2D eigenvalue weighted by atomic mass is 19.1. The van der Waals surface area contributed by atoms with Gasteiger partial charge in [-0.3, -0.25) is 4.98 Å². The zero-order chi connectivity index (χ0) is 16.2. The second-order valence-electron chi connectivity index (χ2n) is 6.45. The summed E-state index contributed by atoms with van der Waals surface area (Å²) in [6, 6.07) is 8.94. The number of ether oxygens (including phenoxy) is 1. The smallest absolute Gasteiger partial charge is 0.136 e. The average molecular weight is 313 g/mol. The fraction of sp³-hybridized carbons (Fsp3) is 0.450. The first-order chi connectivity index (χ1) is 11.2. The van der Waals surface area contributed by atoms with E-state index in [9.17, 15) is 4.39 Å². The Morgan fingerprint density at radius 2 is 1.91 bits per heavy atom. The van der Waals surface area contributed by atoms with Gasteiger partial charge in [0.2, 0.25) is 0 Å². The number of hydrogen-bond acceptors (Lipinski definition) is 2. The molecule has 122 valence electrons. The Bertz CT molecular complexity index is 645. The van der Waals surface area contributed by atoms with Crippen molar-refractivity contribution >= 4 is 0 Å². The first-order valence-corrected chi connectivity index (χ1v) is 8.51. The van der Waals surface area contributed by atoms with Gasteiger partial charge in [-0.25, -0.2) is 4.39 Å². The van der Waals surface area contributed by atoms with Gasteiger partial charge in [0, 0.05) is 17.8 Å². The lowest BCUT2D eigenvalue weighted by molar-refractivity contribution is 0.318. The molecule has 0 amide bonds. The van der Waals surface area contributed by atoms with Crippen LogP contribution in [-0.2, 0) is 0 Å². The Morgan fingerprint density at radius 1 is 1.13 bits per heavy atom. The molecule has 2 aromatic rings. The molecular formula is C20H24FNO. The van der Waals surface area contributed by atoms with E-state index < -0.39 is 0 Å². The Hall–Kier alpha value is -1.90. The summed E-state index contributed by atoms with van der Waals surface area (Å²) in [5.74, 6) is 1.73. The highest BCUT2D eigenvalue weighted by molar-refractivity contribution is 5.61. The second kappa shape index (κ2) is 7.12. The first kappa shape index (κ1) is 16.0. The molecule has 23 heavy (non-hydrogen) atoms. The fourth-order valence-electron chi connectivity index (χ4n) is 3.54. The molecule has 1 aromatic carbocycles. The zero-order valence-electron chi connectivity index (χ0n) is 13.9. The van der Waals surface area contributed by atoms with Crippen molar-refractivity contribution in [3.05, 3.63) is 47.9 Å². The molecule has 3 rings (SSSR count). The fourth-order valence-corrected chi connectivity index (χ4v) is 3.54. The van der Waals surface area contributed by atoms with Crippen LogP contribution in [0.4, 0.5) is 4.39 Å². The summed E-state index contributed by atoms with van der Waals surface area (Å²) in [7, 11) is 1.54. The highest BCUT2D eigenvalue weighted by Crippen LogP contribution is 2.37. The van der Waals surface area contributed by atoms with Crippen molar-refractivity contribution in [2.24, 2.45) is 5.92 Å². The molecule has 0 spiro atoms. The summed E-state index contributed by atoms with van der Waals surface area (Å²) in [5, 5.41) is 0. The third-order valence-electron chi connectivity index (χ3n) is 5.13. The van der Waals surface area contributed by atoms with Gasteiger partial charge in [-0.1, -0.05) is 19.4 Å². The summed E-state index contributed by atoms with van der Waals surface area (Å²) >= 11 is 0. The maximum Gasteiger partial charge on any atom is 0.136 e. The molecule has 0 bridgehead atoms. The number of pyridine rings is 1. The van der Waals surface area contributed by atoms with Gasteiger partial charge in [0.1, 0.15) is 11.6 Å². The minimum atomic E-state index is -0.298. The van der Waals surface area contributed by atoms with Crippen molar-refractivity contribution in [1.82, 2.24) is 4.98 Å². The van der Waals surface area contributed by atoms with Crippen LogP contribution in [0.1, 0.15) is 50.5 Å². The van der Waals surface area contributed by atoms with Gasteiger partial charge in [0.05, 0.1) is 12.8 Å². The van der Waals surface area contributed by atoms with Crippen LogP contribution in [0.3, 0.4) is 0 Å². The van der Waals surface area contributed by atoms with Crippen LogP contribution in [0.25, 0.3) is 11.3 Å². The van der Waals surface area contributed by atoms with E-state index in [-0.39, 0.29) is 5.82 Å². The molecule has 0 aliphatic heterocycles. The molecule has 0 radical (unpaired) electrons. The summed E-state index contributed by atoms with van der Waals surface area (Å²) < 4.78 is 19.2. The third-order valence-corrected chi connectivity index (χ3v) is 5.13. The van der Waals surface area contributed by atoms with E-state index in [0.29, 0.717) is 22.9 Å². The van der Waals surface area contributed by atoms with Gasteiger partial charge in [0.25, 0.3) is 0 Å². The minimum absolute atomic E-state index is 0.298.